The molecule has 1 rings (SSSR count). The van der Waals surface area contributed by atoms with E-state index in [9.17, 15) is 0 Å². The molecule has 1 N–H and O–H groups in total. The minimum Gasteiger partial charge on any atom is -0.411 e. The standard InChI is InChI=1S/C5H9NOS/c1-4-2-5(6-7)3-8-4/h4,7H,2-3H2,1H3. The number of hydrogen-bond donors (Lipinski definition) is 1. The van der Waals surface area contributed by atoms with Crippen LogP contribution in [0.5, 0.6) is 0 Å². The molecule has 1 atom stereocenters. The lowest BCUT2D eigenvalue weighted by Gasteiger charge is -1.90. The van der Waals surface area contributed by atoms with E-state index in [1.807, 2.05) is 11.8 Å². The minimum atomic E-state index is 0.654. The summed E-state index contributed by atoms with van der Waals surface area (Å²) in [6.07, 6.45) is 0.959. The largest absolute Gasteiger partial charge is 0.411 e. The monoisotopic (exact) mass is 131 g/mol. The van der Waals surface area contributed by atoms with Gasteiger partial charge in [0.1, 0.15) is 0 Å². The van der Waals surface area contributed by atoms with Gasteiger partial charge in [0.05, 0.1) is 5.71 Å². The lowest BCUT2D eigenvalue weighted by atomic mass is 10.2. The molecule has 46 valence electrons. The summed E-state index contributed by atoms with van der Waals surface area (Å²) < 4.78 is 0. The Morgan fingerprint density at radius 1 is 1.88 bits per heavy atom. The Balaban J connectivity index is 2.44. The van der Waals surface area contributed by atoms with Gasteiger partial charge < -0.3 is 5.21 Å². The second kappa shape index (κ2) is 2.40. The van der Waals surface area contributed by atoms with Crippen LogP contribution < -0.4 is 0 Å². The fourth-order valence-electron chi connectivity index (χ4n) is 0.758. The van der Waals surface area contributed by atoms with Gasteiger partial charge in [0.2, 0.25) is 0 Å². The molecule has 1 unspecified atom stereocenters. The van der Waals surface area contributed by atoms with Crippen LogP contribution in [0.15, 0.2) is 5.16 Å². The van der Waals surface area contributed by atoms with Gasteiger partial charge in [0.15, 0.2) is 0 Å². The molecule has 0 saturated carbocycles. The number of hydrogen-bond acceptors (Lipinski definition) is 3. The van der Waals surface area contributed by atoms with E-state index in [1.165, 1.54) is 0 Å². The molecule has 8 heavy (non-hydrogen) atoms. The summed E-state index contributed by atoms with van der Waals surface area (Å²) in [6.45, 7) is 2.14. The smallest absolute Gasteiger partial charge is 0.0680 e. The summed E-state index contributed by atoms with van der Waals surface area (Å²) in [5.41, 5.74) is 0.933. The highest BCUT2D eigenvalue weighted by Gasteiger charge is 2.16. The van der Waals surface area contributed by atoms with E-state index in [4.69, 9.17) is 5.21 Å². The molecule has 2 nitrogen and oxygen atoms in total. The van der Waals surface area contributed by atoms with E-state index in [-0.39, 0.29) is 0 Å². The van der Waals surface area contributed by atoms with E-state index in [0.717, 1.165) is 17.9 Å². The van der Waals surface area contributed by atoms with Crippen molar-refractivity contribution in [2.45, 2.75) is 18.6 Å². The molecule has 0 amide bonds. The molecule has 1 saturated heterocycles. The predicted octanol–water partition coefficient (Wildman–Crippen LogP) is 1.34. The molecular formula is C5H9NOS. The summed E-state index contributed by atoms with van der Waals surface area (Å²) in [6, 6.07) is 0. The van der Waals surface area contributed by atoms with Crippen molar-refractivity contribution in [1.29, 1.82) is 0 Å². The fourth-order valence-corrected chi connectivity index (χ4v) is 1.72. The van der Waals surface area contributed by atoms with Crippen LogP contribution in [0, 0.1) is 0 Å². The van der Waals surface area contributed by atoms with Crippen LogP contribution in [0.3, 0.4) is 0 Å². The second-order valence-electron chi connectivity index (χ2n) is 1.99. The van der Waals surface area contributed by atoms with E-state index >= 15 is 0 Å². The molecule has 0 radical (unpaired) electrons. The van der Waals surface area contributed by atoms with Gasteiger partial charge in [-0.2, -0.15) is 11.8 Å². The van der Waals surface area contributed by atoms with Gasteiger partial charge in [-0.3, -0.25) is 0 Å². The van der Waals surface area contributed by atoms with E-state index in [2.05, 4.69) is 12.1 Å². The van der Waals surface area contributed by atoms with Gasteiger partial charge >= 0.3 is 0 Å². The van der Waals surface area contributed by atoms with Crippen LogP contribution in [0.1, 0.15) is 13.3 Å². The number of rotatable bonds is 0. The third-order valence-electron chi connectivity index (χ3n) is 1.20. The average Bonchev–Trinajstić information content (AvgIpc) is 2.14. The van der Waals surface area contributed by atoms with Crippen molar-refractivity contribution in [3.05, 3.63) is 0 Å². The number of thioether (sulfide) groups is 1. The molecule has 0 spiro atoms. The van der Waals surface area contributed by atoms with Crippen molar-refractivity contribution >= 4 is 17.5 Å². The van der Waals surface area contributed by atoms with Crippen LogP contribution in [-0.2, 0) is 0 Å². The maximum absolute atomic E-state index is 8.26. The Morgan fingerprint density at radius 3 is 2.88 bits per heavy atom. The van der Waals surface area contributed by atoms with Crippen molar-refractivity contribution in [3.63, 3.8) is 0 Å². The van der Waals surface area contributed by atoms with Crippen LogP contribution in [0.4, 0.5) is 0 Å². The van der Waals surface area contributed by atoms with E-state index < -0.39 is 0 Å². The van der Waals surface area contributed by atoms with Crippen LogP contribution in [0.25, 0.3) is 0 Å². The highest BCUT2D eigenvalue weighted by Crippen LogP contribution is 2.23. The zero-order chi connectivity index (χ0) is 5.98. The van der Waals surface area contributed by atoms with Gasteiger partial charge in [0, 0.05) is 17.4 Å². The first-order chi connectivity index (χ1) is 3.83. The van der Waals surface area contributed by atoms with Crippen molar-refractivity contribution in [2.75, 3.05) is 5.75 Å². The molecule has 1 heterocycles. The lowest BCUT2D eigenvalue weighted by molar-refractivity contribution is 0.317. The third-order valence-corrected chi connectivity index (χ3v) is 2.43. The van der Waals surface area contributed by atoms with Gasteiger partial charge in [-0.1, -0.05) is 12.1 Å². The highest BCUT2D eigenvalue weighted by molar-refractivity contribution is 8.01. The summed E-state index contributed by atoms with van der Waals surface area (Å²) >= 11 is 1.84. The maximum Gasteiger partial charge on any atom is 0.0680 e. The maximum atomic E-state index is 8.26. The molecule has 1 fully saturated rings. The molecule has 1 aliphatic heterocycles. The predicted molar refractivity (Wildman–Crippen MR) is 35.8 cm³/mol. The molecule has 1 aliphatic rings. The van der Waals surface area contributed by atoms with Crippen LogP contribution in [-0.4, -0.2) is 21.9 Å². The van der Waals surface area contributed by atoms with Crippen molar-refractivity contribution < 1.29 is 5.21 Å². The minimum absolute atomic E-state index is 0.654. The zero-order valence-electron chi connectivity index (χ0n) is 4.79. The Labute approximate surface area is 53.0 Å². The Morgan fingerprint density at radius 2 is 2.62 bits per heavy atom. The SMILES string of the molecule is CC1CC(=NO)CS1. The van der Waals surface area contributed by atoms with Gasteiger partial charge in [-0.05, 0) is 0 Å². The Kier molecular flexibility index (Phi) is 1.78. The molecule has 0 aromatic rings. The van der Waals surface area contributed by atoms with Crippen molar-refractivity contribution in [2.24, 2.45) is 5.16 Å². The van der Waals surface area contributed by atoms with E-state index in [0.29, 0.717) is 5.25 Å². The van der Waals surface area contributed by atoms with Gasteiger partial charge in [-0.15, -0.1) is 0 Å². The van der Waals surface area contributed by atoms with Gasteiger partial charge in [-0.25, -0.2) is 0 Å². The lowest BCUT2D eigenvalue weighted by Crippen LogP contribution is -1.95. The molecule has 0 aromatic heterocycles. The summed E-state index contributed by atoms with van der Waals surface area (Å²) in [5.74, 6) is 0.914. The van der Waals surface area contributed by atoms with Gasteiger partial charge in [0.25, 0.3) is 0 Å². The second-order valence-corrected chi connectivity index (χ2v) is 3.42. The summed E-state index contributed by atoms with van der Waals surface area (Å²) in [7, 11) is 0. The first-order valence-corrected chi connectivity index (χ1v) is 3.69. The molecular weight excluding hydrogens is 122 g/mol. The molecule has 0 bridgehead atoms. The van der Waals surface area contributed by atoms with Crippen molar-refractivity contribution in [3.8, 4) is 0 Å². The fraction of sp³-hybridized carbons (Fsp3) is 0.800. The average molecular weight is 131 g/mol. The quantitative estimate of drug-likeness (QED) is 0.397. The molecule has 0 aromatic carbocycles. The molecule has 3 heteroatoms. The first kappa shape index (κ1) is 5.95. The van der Waals surface area contributed by atoms with E-state index in [1.54, 1.807) is 0 Å². The van der Waals surface area contributed by atoms with Crippen LogP contribution >= 0.6 is 11.8 Å². The Bertz CT molecular complexity index is 113. The van der Waals surface area contributed by atoms with Crippen molar-refractivity contribution in [1.82, 2.24) is 0 Å². The molecule has 0 aliphatic carbocycles. The third kappa shape index (κ3) is 1.15. The normalized spacial score (nSPS) is 34.1. The number of nitrogens with zero attached hydrogens (tertiary/aromatic N) is 1. The summed E-state index contributed by atoms with van der Waals surface area (Å²) in [5, 5.41) is 12.0. The van der Waals surface area contributed by atoms with Crippen LogP contribution in [0.2, 0.25) is 0 Å². The topological polar surface area (TPSA) is 32.6 Å². The first-order valence-electron chi connectivity index (χ1n) is 2.64. The number of oxime groups is 1. The Hall–Kier alpha value is -0.180. The highest BCUT2D eigenvalue weighted by atomic mass is 32.2. The summed E-state index contributed by atoms with van der Waals surface area (Å²) in [4.78, 5) is 0. The zero-order valence-corrected chi connectivity index (χ0v) is 5.61.